The molecule has 0 bridgehead atoms. The van der Waals surface area contributed by atoms with Gasteiger partial charge in [-0.2, -0.15) is 0 Å². The number of nitrogens with zero attached hydrogens (tertiary/aromatic N) is 1. The van der Waals surface area contributed by atoms with E-state index in [1.165, 1.54) is 20.4 Å². The average Bonchev–Trinajstić information content (AvgIpc) is 2.78. The smallest absolute Gasteiger partial charge is 0.871 e. The Morgan fingerprint density at radius 1 is 1.12 bits per heavy atom. The van der Waals surface area contributed by atoms with Crippen molar-refractivity contribution >= 4 is 17.7 Å². The standard InChI is InChI=1S/C23H23N3O6.Na/c1-26-9-8-19(27)21(22(26)30)25-23(31)24-18(13-20(28)29)16-10-15(11-17(12-16)32-2)14-6-4-3-5-7-14;/h3-12,18,27H,13H2,1-2H3,(H,28,29)(H2,24,25,31);/q;+1/p-1/t18-;/m0./s1. The van der Waals surface area contributed by atoms with Crippen molar-refractivity contribution in [2.24, 2.45) is 7.05 Å². The monoisotopic (exact) mass is 459 g/mol. The van der Waals surface area contributed by atoms with E-state index in [1.54, 1.807) is 18.2 Å². The predicted octanol–water partition coefficient (Wildman–Crippen LogP) is -0.524. The van der Waals surface area contributed by atoms with Crippen LogP contribution in [0.1, 0.15) is 18.0 Å². The molecule has 0 unspecified atom stereocenters. The molecular weight excluding hydrogens is 437 g/mol. The second kappa shape index (κ2) is 11.6. The van der Waals surface area contributed by atoms with Gasteiger partial charge < -0.3 is 30.2 Å². The second-order valence-corrected chi connectivity index (χ2v) is 7.08. The number of aryl methyl sites for hydroxylation is 1. The molecule has 9 nitrogen and oxygen atoms in total. The van der Waals surface area contributed by atoms with Crippen LogP contribution in [0.3, 0.4) is 0 Å². The van der Waals surface area contributed by atoms with E-state index in [1.807, 2.05) is 30.3 Å². The van der Waals surface area contributed by atoms with Crippen molar-refractivity contribution in [3.63, 3.8) is 0 Å². The SMILES string of the molecule is COc1cc(-c2ccccc2)cc([C@H](CC(=O)O)NC(=O)Nc2c([O-])ccn(C)c2=O)c1.[Na+]. The molecule has 0 spiro atoms. The molecule has 1 heterocycles. The van der Waals surface area contributed by atoms with Gasteiger partial charge in [0.15, 0.2) is 0 Å². The number of amides is 2. The van der Waals surface area contributed by atoms with E-state index in [2.05, 4.69) is 10.6 Å². The zero-order valence-electron chi connectivity index (χ0n) is 18.5. The number of benzene rings is 2. The third-order valence-electron chi connectivity index (χ3n) is 4.83. The van der Waals surface area contributed by atoms with Crippen LogP contribution in [-0.2, 0) is 11.8 Å². The number of methoxy groups -OCH3 is 1. The summed E-state index contributed by atoms with van der Waals surface area (Å²) in [7, 11) is 2.93. The molecule has 0 saturated carbocycles. The molecule has 0 radical (unpaired) electrons. The molecule has 2 aromatic carbocycles. The van der Waals surface area contributed by atoms with Gasteiger partial charge in [0.2, 0.25) is 0 Å². The van der Waals surface area contributed by atoms with Gasteiger partial charge in [-0.15, -0.1) is 0 Å². The minimum atomic E-state index is -1.14. The molecule has 0 aliphatic carbocycles. The Balaban J connectivity index is 0.00000385. The Morgan fingerprint density at radius 2 is 1.82 bits per heavy atom. The Morgan fingerprint density at radius 3 is 2.45 bits per heavy atom. The number of anilines is 1. The summed E-state index contributed by atoms with van der Waals surface area (Å²) in [6, 6.07) is 13.9. The van der Waals surface area contributed by atoms with E-state index in [-0.39, 0.29) is 29.6 Å². The number of carboxylic acid groups (broad SMARTS) is 1. The largest absolute Gasteiger partial charge is 1.00 e. The number of pyridine rings is 1. The van der Waals surface area contributed by atoms with Crippen LogP contribution in [-0.4, -0.2) is 28.8 Å². The van der Waals surface area contributed by atoms with Crippen molar-refractivity contribution in [3.05, 3.63) is 76.7 Å². The van der Waals surface area contributed by atoms with Crippen LogP contribution in [0.25, 0.3) is 11.1 Å². The van der Waals surface area contributed by atoms with Crippen molar-refractivity contribution < 1.29 is 54.1 Å². The van der Waals surface area contributed by atoms with Gasteiger partial charge in [-0.1, -0.05) is 42.1 Å². The van der Waals surface area contributed by atoms with E-state index in [4.69, 9.17) is 4.74 Å². The van der Waals surface area contributed by atoms with Crippen LogP contribution < -0.4 is 55.6 Å². The summed E-state index contributed by atoms with van der Waals surface area (Å²) in [5.74, 6) is -1.30. The normalized spacial score (nSPS) is 11.1. The average molecular weight is 459 g/mol. The van der Waals surface area contributed by atoms with E-state index in [0.29, 0.717) is 11.3 Å². The maximum atomic E-state index is 12.6. The topological polar surface area (TPSA) is 133 Å². The van der Waals surface area contributed by atoms with Gasteiger partial charge in [0.1, 0.15) is 11.4 Å². The van der Waals surface area contributed by atoms with Crippen molar-refractivity contribution in [1.82, 2.24) is 9.88 Å². The first-order valence-electron chi connectivity index (χ1n) is 9.69. The first kappa shape index (κ1) is 26.0. The molecule has 0 aliphatic rings. The first-order valence-corrected chi connectivity index (χ1v) is 9.69. The molecule has 33 heavy (non-hydrogen) atoms. The zero-order chi connectivity index (χ0) is 23.3. The number of carbonyl (C=O) groups excluding carboxylic acids is 1. The maximum Gasteiger partial charge on any atom is 1.00 e. The summed E-state index contributed by atoms with van der Waals surface area (Å²) in [5.41, 5.74) is 1.06. The Bertz CT molecular complexity index is 1200. The first-order chi connectivity index (χ1) is 15.3. The number of nitrogens with one attached hydrogen (secondary N) is 2. The molecule has 1 aromatic heterocycles. The summed E-state index contributed by atoms with van der Waals surface area (Å²) in [5, 5.41) is 26.2. The van der Waals surface area contributed by atoms with Crippen LogP contribution in [0.2, 0.25) is 0 Å². The number of carboxylic acids is 1. The fraction of sp³-hybridized carbons (Fsp3) is 0.174. The zero-order valence-corrected chi connectivity index (χ0v) is 20.5. The predicted molar refractivity (Wildman–Crippen MR) is 117 cm³/mol. The van der Waals surface area contributed by atoms with Crippen molar-refractivity contribution in [2.75, 3.05) is 12.4 Å². The molecule has 0 fully saturated rings. The summed E-state index contributed by atoms with van der Waals surface area (Å²) in [6.07, 6.45) is 0.869. The van der Waals surface area contributed by atoms with Crippen LogP contribution in [0.15, 0.2) is 65.6 Å². The van der Waals surface area contributed by atoms with Crippen molar-refractivity contribution in [3.8, 4) is 22.6 Å². The molecule has 1 atom stereocenters. The quantitative estimate of drug-likeness (QED) is 0.407. The van der Waals surface area contributed by atoms with E-state index >= 15 is 0 Å². The van der Waals surface area contributed by atoms with Crippen molar-refractivity contribution in [1.29, 1.82) is 0 Å². The third-order valence-corrected chi connectivity index (χ3v) is 4.83. The van der Waals surface area contributed by atoms with Gasteiger partial charge >= 0.3 is 41.6 Å². The fourth-order valence-corrected chi connectivity index (χ4v) is 3.20. The Kier molecular flexibility index (Phi) is 9.10. The summed E-state index contributed by atoms with van der Waals surface area (Å²) in [6.45, 7) is 0. The molecule has 0 saturated heterocycles. The van der Waals surface area contributed by atoms with Gasteiger partial charge in [-0.3, -0.25) is 9.59 Å². The molecule has 3 N–H and O–H groups in total. The molecule has 166 valence electrons. The van der Waals surface area contributed by atoms with Crippen LogP contribution in [0, 0.1) is 0 Å². The third kappa shape index (κ3) is 6.61. The number of urea groups is 1. The number of aliphatic carboxylic acids is 1. The molecule has 2 amide bonds. The van der Waals surface area contributed by atoms with Gasteiger partial charge in [0, 0.05) is 13.2 Å². The number of rotatable bonds is 7. The Labute approximate surface area is 212 Å². The van der Waals surface area contributed by atoms with Crippen LogP contribution in [0.5, 0.6) is 11.5 Å². The number of carbonyl (C=O) groups is 2. The summed E-state index contributed by atoms with van der Waals surface area (Å²) >= 11 is 0. The van der Waals surface area contributed by atoms with Crippen LogP contribution in [0.4, 0.5) is 10.5 Å². The number of hydrogen-bond donors (Lipinski definition) is 3. The van der Waals surface area contributed by atoms with Crippen molar-refractivity contribution in [2.45, 2.75) is 12.5 Å². The van der Waals surface area contributed by atoms with Gasteiger partial charge in [-0.05, 0) is 34.9 Å². The van der Waals surface area contributed by atoms with E-state index in [9.17, 15) is 24.6 Å². The molecule has 0 aliphatic heterocycles. The second-order valence-electron chi connectivity index (χ2n) is 7.08. The molecule has 3 rings (SSSR count). The van der Waals surface area contributed by atoms with E-state index < -0.39 is 41.5 Å². The Hall–Kier alpha value is -3.27. The van der Waals surface area contributed by atoms with Gasteiger partial charge in [-0.25, -0.2) is 4.79 Å². The number of ether oxygens (including phenoxy) is 1. The maximum absolute atomic E-state index is 12.6. The number of aromatic nitrogens is 1. The molecule has 3 aromatic rings. The van der Waals surface area contributed by atoms with Gasteiger partial charge in [0.05, 0.1) is 19.6 Å². The summed E-state index contributed by atoms with van der Waals surface area (Å²) in [4.78, 5) is 36.2. The number of hydrogen-bond acceptors (Lipinski definition) is 5. The van der Waals surface area contributed by atoms with Gasteiger partial charge in [0.25, 0.3) is 5.56 Å². The molecule has 10 heteroatoms. The minimum absolute atomic E-state index is 0. The molecular formula is C23H22N3NaO6. The van der Waals surface area contributed by atoms with Crippen LogP contribution >= 0.6 is 0 Å². The minimum Gasteiger partial charge on any atom is -0.871 e. The summed E-state index contributed by atoms with van der Waals surface area (Å²) < 4.78 is 6.51. The van der Waals surface area contributed by atoms with E-state index in [0.717, 1.165) is 21.8 Å². The fourth-order valence-electron chi connectivity index (χ4n) is 3.20.